The van der Waals surface area contributed by atoms with Crippen molar-refractivity contribution in [1.29, 1.82) is 0 Å². The van der Waals surface area contributed by atoms with E-state index in [-0.39, 0.29) is 47.7 Å². The van der Waals surface area contributed by atoms with E-state index in [1.807, 2.05) is 0 Å². The second kappa shape index (κ2) is 23.9. The monoisotopic (exact) mass is 1180 g/mol. The Kier molecular flexibility index (Phi) is 18.1. The Labute approximate surface area is 476 Å². The maximum atomic E-state index is 14.8. The first-order chi connectivity index (χ1) is 38.9. The van der Waals surface area contributed by atoms with Gasteiger partial charge >= 0.3 is 0 Å². The maximum absolute atomic E-state index is 14.8. The first-order valence-electron chi connectivity index (χ1n) is 29.8. The van der Waals surface area contributed by atoms with Crippen LogP contribution < -0.4 is 0 Å². The second-order valence-electron chi connectivity index (χ2n) is 26.8. The number of ketones is 1. The van der Waals surface area contributed by atoms with E-state index in [0.717, 1.165) is 38.5 Å². The molecule has 13 N–H and O–H groups in total. The van der Waals surface area contributed by atoms with Gasteiger partial charge in [0, 0.05) is 35.5 Å². The molecule has 11 aliphatic rings. The van der Waals surface area contributed by atoms with Crippen molar-refractivity contribution in [3.63, 3.8) is 0 Å². The van der Waals surface area contributed by atoms with Crippen LogP contribution in [-0.4, -0.2) is 266 Å². The van der Waals surface area contributed by atoms with Crippen LogP contribution in [0.25, 0.3) is 0 Å². The lowest BCUT2D eigenvalue weighted by molar-refractivity contribution is -0.405. The molecule has 0 aromatic rings. The summed E-state index contributed by atoms with van der Waals surface area (Å²) in [5.41, 5.74) is -1.75. The van der Waals surface area contributed by atoms with E-state index in [9.17, 15) is 71.2 Å². The summed E-state index contributed by atoms with van der Waals surface area (Å²) in [4.78, 5) is 14.8. The van der Waals surface area contributed by atoms with Gasteiger partial charge in [-0.3, -0.25) is 4.79 Å². The minimum Gasteiger partial charge on any atom is -0.396 e. The number of ether oxygens (including phenoxy) is 12. The molecule has 26 nitrogen and oxygen atoms in total. The Morgan fingerprint density at radius 1 is 0.573 bits per heavy atom. The quantitative estimate of drug-likeness (QED) is 0.0756. The molecule has 2 unspecified atom stereocenters. The van der Waals surface area contributed by atoms with Gasteiger partial charge in [0.2, 0.25) is 0 Å². The highest BCUT2D eigenvalue weighted by Gasteiger charge is 2.72. The van der Waals surface area contributed by atoms with Gasteiger partial charge < -0.3 is 123 Å². The molecule has 0 aromatic carbocycles. The molecule has 7 saturated heterocycles. The van der Waals surface area contributed by atoms with Crippen molar-refractivity contribution in [2.75, 3.05) is 46.2 Å². The van der Waals surface area contributed by atoms with Crippen LogP contribution >= 0.6 is 0 Å². The summed E-state index contributed by atoms with van der Waals surface area (Å²) in [7, 11) is 0. The molecule has 26 heteroatoms. The number of fused-ring (bicyclic) bond motifs is 7. The number of carbonyl (C=O) groups is 1. The van der Waals surface area contributed by atoms with Gasteiger partial charge in [0.25, 0.3) is 0 Å². The number of Topliss-reactive ketones (excluding diaryl/α,β-unsaturated/α-hetero) is 1. The molecule has 82 heavy (non-hydrogen) atoms. The fourth-order valence-electron chi connectivity index (χ4n) is 16.9. The van der Waals surface area contributed by atoms with Crippen molar-refractivity contribution in [2.45, 2.75) is 240 Å². The summed E-state index contributed by atoms with van der Waals surface area (Å²) in [6.07, 6.45) is -30.0. The van der Waals surface area contributed by atoms with Crippen molar-refractivity contribution >= 4 is 5.78 Å². The lowest BCUT2D eigenvalue weighted by Crippen LogP contribution is -2.68. The van der Waals surface area contributed by atoms with Crippen LogP contribution in [0.5, 0.6) is 0 Å². The van der Waals surface area contributed by atoms with Crippen molar-refractivity contribution in [3.05, 3.63) is 0 Å². The average molecular weight is 1180 g/mol. The number of hydrogen-bond acceptors (Lipinski definition) is 26. The van der Waals surface area contributed by atoms with E-state index in [4.69, 9.17) is 56.8 Å². The van der Waals surface area contributed by atoms with E-state index < -0.39 is 185 Å². The predicted molar refractivity (Wildman–Crippen MR) is 272 cm³/mol. The minimum absolute atomic E-state index is 0.0237. The van der Waals surface area contributed by atoms with E-state index in [1.54, 1.807) is 6.92 Å². The average Bonchev–Trinajstić information content (AvgIpc) is 1.67. The summed E-state index contributed by atoms with van der Waals surface area (Å²) in [6.45, 7) is 7.52. The molecule has 4 aliphatic carbocycles. The molecule has 470 valence electrons. The number of aliphatic hydroxyl groups excluding tert-OH is 13. The minimum atomic E-state index is -2.05. The van der Waals surface area contributed by atoms with Crippen LogP contribution in [0, 0.1) is 57.7 Å². The molecule has 0 amide bonds. The zero-order valence-electron chi connectivity index (χ0n) is 47.3. The fourth-order valence-corrected chi connectivity index (χ4v) is 16.9. The number of aliphatic hydroxyl groups is 13. The standard InChI is InChI=1S/C56H90O26/c1-22-8-11-56(73-18-22)23(2)35-29(82-56)13-28-26-7-6-24-12-25(9-10-54(24,4)27(26)14-34(61)55(28,35)5)74-49-43(69)40(66)44(32(17-59)77-49)79-51-46(81-50-42(68)39(65)36(62)30(15-57)75-50)45(38(64)31(16-58)76-51)80-48-41(67)37(63)33(19-71-48)78-52-47(70)53(3,20-60)21-72-52/h22-33,35-52,57-60,62-70H,6-21H2,1-5H3/t22-,23+,24+,25+,26-,27+,28+,29?,30-,31-,32-,33-,35?,36-,37+,38-,39+,40-,41-,42-,43-,44+,45+,46-,47+,48+,49-,50+,51+,52+,53+,54+,55-,56-/m1/s1. The molecular formula is C56H90O26. The summed E-state index contributed by atoms with van der Waals surface area (Å²) in [6, 6.07) is 0. The Balaban J connectivity index is 0.766. The lowest BCUT2D eigenvalue weighted by Gasteiger charge is -2.60. The highest BCUT2D eigenvalue weighted by Crippen LogP contribution is 2.70. The lowest BCUT2D eigenvalue weighted by atomic mass is 9.44. The molecule has 1 spiro atoms. The number of hydrogen-bond donors (Lipinski definition) is 13. The summed E-state index contributed by atoms with van der Waals surface area (Å²) < 4.78 is 73.3. The van der Waals surface area contributed by atoms with Crippen molar-refractivity contribution in [1.82, 2.24) is 0 Å². The highest BCUT2D eigenvalue weighted by atomic mass is 16.8. The third-order valence-corrected chi connectivity index (χ3v) is 22.1. The Morgan fingerprint density at radius 2 is 1.22 bits per heavy atom. The number of rotatable bonds is 14. The van der Waals surface area contributed by atoms with Crippen LogP contribution in [0.15, 0.2) is 0 Å². The predicted octanol–water partition coefficient (Wildman–Crippen LogP) is -3.35. The topological polar surface area (TPSA) is 391 Å². The van der Waals surface area contributed by atoms with Gasteiger partial charge in [0.05, 0.1) is 58.5 Å². The smallest absolute Gasteiger partial charge is 0.187 e. The summed E-state index contributed by atoms with van der Waals surface area (Å²) in [5, 5.41) is 143. The molecule has 0 aromatic heterocycles. The van der Waals surface area contributed by atoms with Gasteiger partial charge in [0.15, 0.2) is 37.2 Å². The van der Waals surface area contributed by atoms with Gasteiger partial charge in [-0.1, -0.05) is 34.6 Å². The van der Waals surface area contributed by atoms with Gasteiger partial charge in [-0.15, -0.1) is 0 Å². The largest absolute Gasteiger partial charge is 0.396 e. The van der Waals surface area contributed by atoms with Crippen LogP contribution in [0.4, 0.5) is 0 Å². The van der Waals surface area contributed by atoms with Crippen LogP contribution in [0.1, 0.15) is 92.4 Å². The van der Waals surface area contributed by atoms with Gasteiger partial charge in [-0.05, 0) is 80.0 Å². The van der Waals surface area contributed by atoms with Gasteiger partial charge in [0.1, 0.15) is 103 Å². The SMILES string of the molecule is C[C@@H]1CC[C@@]2(OC1)OC1C[C@H]3[C@@H]4CC[C@H]5C[C@@H](O[C@@H]6O[C@H](CO)[C@H](O[C@@H]7O[C@H](CO)[C@@H](O)[C@H](O[C@@H]8OC[C@@H](O[C@@H]9OC[C@](C)(CO)[C@H]9O)[C@H](O)[C@H]8O)[C@H]7O[C@@H]7O[C@H](CO)[C@@H](O)[C@H](O)[C@H]7O)[C@H](O)[C@H]6O)CC[C@]5(C)[C@H]4CC(=O)[C@]3(C)C1[C@@H]2C. The molecule has 4 saturated carbocycles. The van der Waals surface area contributed by atoms with Gasteiger partial charge in [-0.25, -0.2) is 0 Å². The first kappa shape index (κ1) is 62.3. The molecule has 7 heterocycles. The van der Waals surface area contributed by atoms with E-state index in [2.05, 4.69) is 27.7 Å². The zero-order chi connectivity index (χ0) is 58.7. The summed E-state index contributed by atoms with van der Waals surface area (Å²) >= 11 is 0. The van der Waals surface area contributed by atoms with Crippen LogP contribution in [0.2, 0.25) is 0 Å². The van der Waals surface area contributed by atoms with E-state index >= 15 is 0 Å². The fraction of sp³-hybridized carbons (Fsp3) is 0.982. The molecular weight excluding hydrogens is 1090 g/mol. The van der Waals surface area contributed by atoms with E-state index in [1.165, 1.54) is 0 Å². The van der Waals surface area contributed by atoms with Crippen LogP contribution in [0.3, 0.4) is 0 Å². The van der Waals surface area contributed by atoms with Gasteiger partial charge in [-0.2, -0.15) is 0 Å². The number of carbonyl (C=O) groups excluding carboxylic acids is 1. The normalized spacial score (nSPS) is 56.9. The Bertz CT molecular complexity index is 2190. The van der Waals surface area contributed by atoms with Crippen LogP contribution in [-0.2, 0) is 61.6 Å². The zero-order valence-corrected chi connectivity index (χ0v) is 47.3. The molecule has 34 atom stereocenters. The molecule has 0 bridgehead atoms. The Hall–Kier alpha value is -1.33. The molecule has 0 radical (unpaired) electrons. The van der Waals surface area contributed by atoms with Crippen molar-refractivity contribution in [2.24, 2.45) is 57.7 Å². The third-order valence-electron chi connectivity index (χ3n) is 22.1. The molecule has 11 fully saturated rings. The summed E-state index contributed by atoms with van der Waals surface area (Å²) in [5.74, 6) is 1.28. The molecule has 11 rings (SSSR count). The third kappa shape index (κ3) is 10.5. The van der Waals surface area contributed by atoms with E-state index in [0.29, 0.717) is 43.5 Å². The highest BCUT2D eigenvalue weighted by molar-refractivity contribution is 5.87. The Morgan fingerprint density at radius 3 is 1.90 bits per heavy atom. The first-order valence-corrected chi connectivity index (χ1v) is 29.8. The van der Waals surface area contributed by atoms with Crippen molar-refractivity contribution < 1.29 is 128 Å². The molecule has 7 aliphatic heterocycles. The second-order valence-corrected chi connectivity index (χ2v) is 26.8. The maximum Gasteiger partial charge on any atom is 0.187 e. The van der Waals surface area contributed by atoms with Crippen molar-refractivity contribution in [3.8, 4) is 0 Å².